The fourth-order valence-corrected chi connectivity index (χ4v) is 3.71. The van der Waals surface area contributed by atoms with Gasteiger partial charge in [-0.15, -0.1) is 0 Å². The third-order valence-corrected chi connectivity index (χ3v) is 5.15. The maximum atomic E-state index is 4.56. The average Bonchev–Trinajstić information content (AvgIpc) is 3.51. The molecule has 8 nitrogen and oxygen atoms in total. The van der Waals surface area contributed by atoms with Gasteiger partial charge in [-0.2, -0.15) is 5.10 Å². The first-order valence-electron chi connectivity index (χ1n) is 9.50. The van der Waals surface area contributed by atoms with Crippen LogP contribution in [0.1, 0.15) is 5.69 Å². The summed E-state index contributed by atoms with van der Waals surface area (Å²) in [5.74, 6) is 0.824. The Hall–Kier alpha value is -4.33. The highest BCUT2D eigenvalue weighted by molar-refractivity contribution is 5.97. The van der Waals surface area contributed by atoms with Crippen molar-refractivity contribution in [3.63, 3.8) is 0 Å². The van der Waals surface area contributed by atoms with Crippen molar-refractivity contribution in [2.75, 3.05) is 0 Å². The Balaban J connectivity index is 1.52. The predicted molar refractivity (Wildman–Crippen MR) is 114 cm³/mol. The summed E-state index contributed by atoms with van der Waals surface area (Å²) in [7, 11) is 0. The van der Waals surface area contributed by atoms with Crippen molar-refractivity contribution in [2.24, 2.45) is 0 Å². The number of fused-ring (bicyclic) bond motifs is 2. The van der Waals surface area contributed by atoms with Gasteiger partial charge in [0.15, 0.2) is 5.65 Å². The second kappa shape index (κ2) is 6.35. The molecule has 2 N–H and O–H groups in total. The Morgan fingerprint density at radius 2 is 1.90 bits per heavy atom. The van der Waals surface area contributed by atoms with Crippen LogP contribution in [0.2, 0.25) is 0 Å². The number of nitrogens with zero attached hydrogens (tertiary/aromatic N) is 6. The van der Waals surface area contributed by atoms with Gasteiger partial charge in [0.05, 0.1) is 16.9 Å². The summed E-state index contributed by atoms with van der Waals surface area (Å²) in [5.41, 5.74) is 6.37. The second-order valence-corrected chi connectivity index (χ2v) is 7.14. The van der Waals surface area contributed by atoms with E-state index in [1.165, 1.54) is 0 Å². The van der Waals surface area contributed by atoms with Crippen molar-refractivity contribution in [1.29, 1.82) is 0 Å². The highest BCUT2D eigenvalue weighted by atomic mass is 15.2. The summed E-state index contributed by atoms with van der Waals surface area (Å²) in [4.78, 5) is 21.1. The molecule has 0 atom stereocenters. The fourth-order valence-electron chi connectivity index (χ4n) is 3.71. The normalized spacial score (nSPS) is 11.5. The number of pyridine rings is 3. The van der Waals surface area contributed by atoms with Crippen molar-refractivity contribution < 1.29 is 0 Å². The van der Waals surface area contributed by atoms with E-state index in [9.17, 15) is 0 Å². The topological polar surface area (TPSA) is 101 Å². The maximum Gasteiger partial charge on any atom is 0.155 e. The van der Waals surface area contributed by atoms with E-state index in [2.05, 4.69) is 47.2 Å². The van der Waals surface area contributed by atoms with Crippen LogP contribution in [0.5, 0.6) is 0 Å². The van der Waals surface area contributed by atoms with E-state index in [4.69, 9.17) is 0 Å². The predicted octanol–water partition coefficient (Wildman–Crippen LogP) is 4.06. The number of aromatic amines is 2. The molecule has 0 aliphatic rings. The highest BCUT2D eigenvalue weighted by Crippen LogP contribution is 2.31. The van der Waals surface area contributed by atoms with Crippen LogP contribution >= 0.6 is 0 Å². The molecule has 0 aliphatic heterocycles. The average molecular weight is 392 g/mol. The van der Waals surface area contributed by atoms with Crippen molar-refractivity contribution >= 4 is 21.9 Å². The molecule has 0 amide bonds. The lowest BCUT2D eigenvalue weighted by atomic mass is 10.1. The van der Waals surface area contributed by atoms with Crippen LogP contribution in [0.25, 0.3) is 50.3 Å². The molecule has 6 aromatic heterocycles. The molecule has 144 valence electrons. The van der Waals surface area contributed by atoms with Crippen LogP contribution in [-0.2, 0) is 0 Å². The van der Waals surface area contributed by atoms with Gasteiger partial charge in [0.25, 0.3) is 0 Å². The third-order valence-electron chi connectivity index (χ3n) is 5.15. The molecule has 0 saturated heterocycles. The third kappa shape index (κ3) is 2.58. The molecule has 0 unspecified atom stereocenters. The van der Waals surface area contributed by atoms with Crippen LogP contribution in [0.15, 0.2) is 67.6 Å². The molecule has 30 heavy (non-hydrogen) atoms. The van der Waals surface area contributed by atoms with Gasteiger partial charge in [-0.25, -0.2) is 15.0 Å². The molecule has 6 heterocycles. The Kier molecular flexibility index (Phi) is 3.51. The van der Waals surface area contributed by atoms with E-state index in [1.54, 1.807) is 18.7 Å². The number of H-pyrrole nitrogens is 2. The van der Waals surface area contributed by atoms with Crippen LogP contribution in [-0.4, -0.2) is 39.7 Å². The van der Waals surface area contributed by atoms with Gasteiger partial charge in [0, 0.05) is 52.9 Å². The molecule has 0 aliphatic carbocycles. The number of aryl methyl sites for hydroxylation is 1. The number of rotatable bonds is 3. The zero-order valence-corrected chi connectivity index (χ0v) is 16.0. The summed E-state index contributed by atoms with van der Waals surface area (Å²) in [6.45, 7) is 1.96. The second-order valence-electron chi connectivity index (χ2n) is 7.14. The largest absolute Gasteiger partial charge is 0.353 e. The van der Waals surface area contributed by atoms with Crippen molar-refractivity contribution in [1.82, 2.24) is 39.7 Å². The maximum absolute atomic E-state index is 4.56. The first kappa shape index (κ1) is 16.6. The number of aromatic nitrogens is 8. The standard InChI is InChI=1S/C22H16N8/c1-13-11-30(12-26-13)22-16-8-19(27-18(16)4-6-24-22)20-17-7-15(10-25-21(17)29-28-20)14-3-2-5-23-9-14/h2-12,27H,1H3,(H,25,28,29). The van der Waals surface area contributed by atoms with Gasteiger partial charge in [-0.3, -0.25) is 14.6 Å². The van der Waals surface area contributed by atoms with Crippen LogP contribution in [0, 0.1) is 6.92 Å². The molecule has 6 rings (SSSR count). The molecular formula is C22H16N8. The quantitative estimate of drug-likeness (QED) is 0.473. The first-order chi connectivity index (χ1) is 14.8. The summed E-state index contributed by atoms with van der Waals surface area (Å²) in [5, 5.41) is 9.50. The van der Waals surface area contributed by atoms with E-state index in [0.29, 0.717) is 0 Å². The van der Waals surface area contributed by atoms with Crippen molar-refractivity contribution in [2.45, 2.75) is 6.92 Å². The molecule has 0 fully saturated rings. The van der Waals surface area contributed by atoms with E-state index in [0.717, 1.165) is 56.0 Å². The van der Waals surface area contributed by atoms with Gasteiger partial charge in [0.2, 0.25) is 0 Å². The Morgan fingerprint density at radius 3 is 2.73 bits per heavy atom. The van der Waals surface area contributed by atoms with Crippen molar-refractivity contribution in [3.05, 3.63) is 73.3 Å². The van der Waals surface area contributed by atoms with Crippen LogP contribution in [0.4, 0.5) is 0 Å². The number of nitrogens with one attached hydrogen (secondary N) is 2. The van der Waals surface area contributed by atoms with E-state index < -0.39 is 0 Å². The molecule has 6 aromatic rings. The summed E-state index contributed by atoms with van der Waals surface area (Å²) in [6, 6.07) is 10.0. The van der Waals surface area contributed by atoms with E-state index >= 15 is 0 Å². The lowest BCUT2D eigenvalue weighted by Crippen LogP contribution is -1.94. The summed E-state index contributed by atoms with van der Waals surface area (Å²) in [6.07, 6.45) is 10.9. The van der Waals surface area contributed by atoms with E-state index in [-0.39, 0.29) is 0 Å². The summed E-state index contributed by atoms with van der Waals surface area (Å²) >= 11 is 0. The van der Waals surface area contributed by atoms with Gasteiger partial charge in [0.1, 0.15) is 17.8 Å². The zero-order valence-electron chi connectivity index (χ0n) is 16.0. The smallest absolute Gasteiger partial charge is 0.155 e. The number of imidazole rings is 1. The summed E-state index contributed by atoms with van der Waals surface area (Å²) < 4.78 is 1.93. The first-order valence-corrected chi connectivity index (χ1v) is 9.50. The van der Waals surface area contributed by atoms with Gasteiger partial charge in [-0.1, -0.05) is 6.07 Å². The number of hydrogen-bond acceptors (Lipinski definition) is 5. The van der Waals surface area contributed by atoms with Gasteiger partial charge < -0.3 is 4.98 Å². The fraction of sp³-hybridized carbons (Fsp3) is 0.0455. The monoisotopic (exact) mass is 392 g/mol. The molecule has 0 spiro atoms. The minimum atomic E-state index is 0.736. The SMILES string of the molecule is Cc1cn(-c2nccc3[nH]c(-c4n[nH]c5ncc(-c6cccnc6)cc45)cc23)cn1. The van der Waals surface area contributed by atoms with Crippen LogP contribution in [0.3, 0.4) is 0 Å². The lowest BCUT2D eigenvalue weighted by Gasteiger charge is -2.01. The zero-order chi connectivity index (χ0) is 20.1. The lowest BCUT2D eigenvalue weighted by molar-refractivity contribution is 1.01. The number of hydrogen-bond donors (Lipinski definition) is 2. The molecule has 0 bridgehead atoms. The molecule has 0 saturated carbocycles. The molecule has 0 aromatic carbocycles. The van der Waals surface area contributed by atoms with E-state index in [1.807, 2.05) is 48.3 Å². The Labute approximate surface area is 170 Å². The molecular weight excluding hydrogens is 376 g/mol. The molecule has 8 heteroatoms. The Bertz CT molecular complexity index is 1510. The highest BCUT2D eigenvalue weighted by Gasteiger charge is 2.15. The minimum absolute atomic E-state index is 0.736. The van der Waals surface area contributed by atoms with Gasteiger partial charge in [-0.05, 0) is 31.2 Å². The molecule has 0 radical (unpaired) electrons. The van der Waals surface area contributed by atoms with Crippen LogP contribution < -0.4 is 0 Å². The van der Waals surface area contributed by atoms with Gasteiger partial charge >= 0.3 is 0 Å². The van der Waals surface area contributed by atoms with Crippen molar-refractivity contribution in [3.8, 4) is 28.3 Å². The Morgan fingerprint density at radius 1 is 0.933 bits per heavy atom. The minimum Gasteiger partial charge on any atom is -0.353 e.